The molecule has 5 fully saturated rings. The van der Waals surface area contributed by atoms with Crippen LogP contribution in [0, 0.1) is 23.2 Å². The summed E-state index contributed by atoms with van der Waals surface area (Å²) >= 11 is 0. The summed E-state index contributed by atoms with van der Waals surface area (Å²) in [6.07, 6.45) is 4.21. The van der Waals surface area contributed by atoms with Gasteiger partial charge in [0.05, 0.1) is 24.3 Å². The fraction of sp³-hybridized carbons (Fsp3) is 0.947. The second-order valence-corrected chi connectivity index (χ2v) is 9.71. The van der Waals surface area contributed by atoms with Gasteiger partial charge in [0.25, 0.3) is 0 Å². The van der Waals surface area contributed by atoms with E-state index < -0.39 is 0 Å². The zero-order valence-electron chi connectivity index (χ0n) is 16.3. The van der Waals surface area contributed by atoms with Gasteiger partial charge in [-0.2, -0.15) is 0 Å². The number of hydrogen-bond acceptors (Lipinski definition) is 4. The van der Waals surface area contributed by atoms with E-state index in [1.165, 1.54) is 6.42 Å². The molecule has 0 aromatic heterocycles. The highest BCUT2D eigenvalue weighted by Gasteiger charge is 2.69. The van der Waals surface area contributed by atoms with Crippen LogP contribution in [0.5, 0.6) is 0 Å². The molecule has 0 aromatic carbocycles. The molecule has 0 radical (unpaired) electrons. The van der Waals surface area contributed by atoms with Crippen molar-refractivity contribution in [1.29, 1.82) is 0 Å². The maximum absolute atomic E-state index is 12.5. The van der Waals surface area contributed by atoms with Crippen molar-refractivity contribution in [3.63, 3.8) is 0 Å². The minimum absolute atomic E-state index is 0.0117. The Morgan fingerprint density at radius 2 is 2.08 bits per heavy atom. The number of carbonyl (C=O) groups excluding carboxylic acids is 1. The first-order valence-corrected chi connectivity index (χ1v) is 10.00. The van der Waals surface area contributed by atoms with Gasteiger partial charge < -0.3 is 18.9 Å². The average molecular weight is 349 g/mol. The van der Waals surface area contributed by atoms with Crippen LogP contribution in [0.25, 0.3) is 0 Å². The number of hydrogen-bond donors (Lipinski definition) is 0. The maximum Gasteiger partial charge on any atom is 0.482 e. The molecule has 2 saturated heterocycles. The summed E-state index contributed by atoms with van der Waals surface area (Å²) < 4.78 is 18.4. The smallest absolute Gasteiger partial charge is 0.449 e. The van der Waals surface area contributed by atoms with Crippen LogP contribution in [0.4, 0.5) is 4.79 Å². The molecule has 0 unspecified atom stereocenters. The molecule has 5 atom stereocenters. The minimum atomic E-state index is -0.306. The molecule has 0 spiro atoms. The highest BCUT2D eigenvalue weighted by atomic mass is 16.7. The Hall–Kier alpha value is -0.745. The van der Waals surface area contributed by atoms with Gasteiger partial charge in [0.1, 0.15) is 0 Å². The molecule has 3 aliphatic carbocycles. The summed E-state index contributed by atoms with van der Waals surface area (Å²) in [5, 5.41) is 0. The van der Waals surface area contributed by atoms with Crippen molar-refractivity contribution >= 4 is 13.2 Å². The summed E-state index contributed by atoms with van der Waals surface area (Å²) in [6.45, 7) is 12.3. The molecule has 1 amide bonds. The molecule has 5 nitrogen and oxygen atoms in total. The van der Waals surface area contributed by atoms with E-state index in [9.17, 15) is 4.79 Å². The van der Waals surface area contributed by atoms with E-state index in [1.54, 1.807) is 0 Å². The summed E-state index contributed by atoms with van der Waals surface area (Å²) in [6, 6.07) is 0. The lowest BCUT2D eigenvalue weighted by Gasteiger charge is -2.64. The second-order valence-electron chi connectivity index (χ2n) is 9.71. The van der Waals surface area contributed by atoms with Gasteiger partial charge in [0, 0.05) is 6.54 Å². The van der Waals surface area contributed by atoms with Crippen LogP contribution in [0.15, 0.2) is 0 Å². The predicted molar refractivity (Wildman–Crippen MR) is 96.0 cm³/mol. The monoisotopic (exact) mass is 349 g/mol. The third-order valence-electron chi connectivity index (χ3n) is 7.36. The van der Waals surface area contributed by atoms with E-state index in [0.717, 1.165) is 31.7 Å². The zero-order valence-corrected chi connectivity index (χ0v) is 16.3. The molecule has 0 N–H and O–H groups in total. The van der Waals surface area contributed by atoms with Gasteiger partial charge in [0.2, 0.25) is 0 Å². The van der Waals surface area contributed by atoms with Gasteiger partial charge in [-0.25, -0.2) is 4.79 Å². The Bertz CT molecular complexity index is 554. The lowest BCUT2D eigenvalue weighted by atomic mass is 9.43. The molecule has 140 valence electrons. The second kappa shape index (κ2) is 5.88. The Labute approximate surface area is 151 Å². The number of rotatable bonds is 3. The van der Waals surface area contributed by atoms with E-state index in [1.807, 2.05) is 4.90 Å². The van der Waals surface area contributed by atoms with Crippen molar-refractivity contribution < 1.29 is 18.8 Å². The van der Waals surface area contributed by atoms with Crippen LogP contribution < -0.4 is 0 Å². The van der Waals surface area contributed by atoms with Gasteiger partial charge in [-0.3, -0.25) is 0 Å². The lowest BCUT2D eigenvalue weighted by Crippen LogP contribution is -2.65. The van der Waals surface area contributed by atoms with Gasteiger partial charge in [-0.05, 0) is 55.8 Å². The van der Waals surface area contributed by atoms with Gasteiger partial charge in [-0.1, -0.05) is 27.7 Å². The summed E-state index contributed by atoms with van der Waals surface area (Å²) in [7, 11) is -0.306. The first-order valence-electron chi connectivity index (χ1n) is 10.00. The number of carbonyl (C=O) groups is 1. The van der Waals surface area contributed by atoms with E-state index in [2.05, 4.69) is 34.6 Å². The van der Waals surface area contributed by atoms with Crippen LogP contribution in [0.3, 0.4) is 0 Å². The first kappa shape index (κ1) is 17.7. The molecule has 0 aromatic rings. The Morgan fingerprint density at radius 3 is 2.76 bits per heavy atom. The van der Waals surface area contributed by atoms with Crippen LogP contribution >= 0.6 is 0 Å². The topological polar surface area (TPSA) is 48.0 Å². The summed E-state index contributed by atoms with van der Waals surface area (Å²) in [4.78, 5) is 14.3. The third-order valence-corrected chi connectivity index (χ3v) is 7.36. The normalized spacial score (nSPS) is 41.7. The molecule has 6 heteroatoms. The van der Waals surface area contributed by atoms with Gasteiger partial charge in [0.15, 0.2) is 0 Å². The standard InChI is InChI=1S/C19H32BNO4/c1-12(2)11-23-17(22)21-8-6-7-16(21)20-24-15-10-13-9-14(18(13,3)4)19(15,5)25-20/h12-16H,6-11H2,1-5H3/t13-,14-,15+,16-,19-/m0/s1. The van der Waals surface area contributed by atoms with E-state index in [4.69, 9.17) is 14.0 Å². The van der Waals surface area contributed by atoms with Gasteiger partial charge >= 0.3 is 13.2 Å². The number of nitrogens with zero attached hydrogens (tertiary/aromatic N) is 1. The molecule has 5 aliphatic rings. The molecule has 2 heterocycles. The number of amides is 1. The van der Waals surface area contributed by atoms with Gasteiger partial charge in [-0.15, -0.1) is 0 Å². The molecular formula is C19H32BNO4. The van der Waals surface area contributed by atoms with Crippen LogP contribution in [0.2, 0.25) is 0 Å². The van der Waals surface area contributed by atoms with E-state index >= 15 is 0 Å². The van der Waals surface area contributed by atoms with Crippen molar-refractivity contribution in [3.05, 3.63) is 0 Å². The average Bonchev–Trinajstić information content (AvgIpc) is 3.14. The van der Waals surface area contributed by atoms with E-state index in [0.29, 0.717) is 23.9 Å². The summed E-state index contributed by atoms with van der Waals surface area (Å²) in [5.74, 6) is 1.63. The molecule has 2 bridgehead atoms. The van der Waals surface area contributed by atoms with Crippen LogP contribution in [-0.2, 0) is 14.0 Å². The first-order chi connectivity index (χ1) is 11.7. The Balaban J connectivity index is 1.45. The highest BCUT2D eigenvalue weighted by molar-refractivity contribution is 6.47. The molecule has 2 aliphatic heterocycles. The molecular weight excluding hydrogens is 317 g/mol. The quantitative estimate of drug-likeness (QED) is 0.732. The zero-order chi connectivity index (χ0) is 18.0. The largest absolute Gasteiger partial charge is 0.482 e. The van der Waals surface area contributed by atoms with Crippen molar-refractivity contribution in [2.75, 3.05) is 13.2 Å². The fourth-order valence-corrected chi connectivity index (χ4v) is 5.69. The molecule has 3 saturated carbocycles. The SMILES string of the molecule is CC(C)COC(=O)N1CCC[C@H]1B1O[C@@H]2C[C@@H]3C[C@@H](C3(C)C)[C@]2(C)O1. The Morgan fingerprint density at radius 1 is 1.32 bits per heavy atom. The van der Waals surface area contributed by atoms with Crippen molar-refractivity contribution in [2.45, 2.75) is 77.9 Å². The molecule has 25 heavy (non-hydrogen) atoms. The predicted octanol–water partition coefficient (Wildman–Crippen LogP) is 3.51. The maximum atomic E-state index is 12.5. The van der Waals surface area contributed by atoms with Crippen molar-refractivity contribution in [1.82, 2.24) is 4.90 Å². The van der Waals surface area contributed by atoms with Crippen LogP contribution in [0.1, 0.15) is 60.3 Å². The van der Waals surface area contributed by atoms with Crippen LogP contribution in [-0.4, -0.2) is 48.9 Å². The minimum Gasteiger partial charge on any atom is -0.449 e. The van der Waals surface area contributed by atoms with Crippen molar-refractivity contribution in [3.8, 4) is 0 Å². The lowest BCUT2D eigenvalue weighted by molar-refractivity contribution is -0.199. The molecule has 5 rings (SSSR count). The fourth-order valence-electron chi connectivity index (χ4n) is 5.69. The van der Waals surface area contributed by atoms with Crippen molar-refractivity contribution in [2.24, 2.45) is 23.2 Å². The number of likely N-dealkylation sites (tertiary alicyclic amines) is 1. The number of ether oxygens (including phenoxy) is 1. The summed E-state index contributed by atoms with van der Waals surface area (Å²) in [5.41, 5.74) is 0.133. The highest BCUT2D eigenvalue weighted by Crippen LogP contribution is 2.65. The van der Waals surface area contributed by atoms with E-state index in [-0.39, 0.29) is 30.9 Å². The third kappa shape index (κ3) is 2.63. The Kier molecular flexibility index (Phi) is 4.15.